The smallest absolute Gasteiger partial charge is 0.161 e. The highest BCUT2D eigenvalue weighted by Crippen LogP contribution is 2.31. The molecule has 38 heavy (non-hydrogen) atoms. The van der Waals surface area contributed by atoms with E-state index in [1.165, 1.54) is 0 Å². The molecule has 0 saturated carbocycles. The number of imidazole rings is 1. The standard InChI is InChI=1S/C30H21N7O/c1-2-7-19(8-3-1)18-38-21-15-20(16-31-17-21)23-12-13-26-28(33-23)29(37-36-26)30-34-25-11-6-9-22(27(25)35-30)24-10-4-5-14-32-24/h1-17H,18H2,(H,34,35)(H,36,37). The van der Waals surface area contributed by atoms with Gasteiger partial charge in [0.05, 0.1) is 34.1 Å². The van der Waals surface area contributed by atoms with Crippen molar-refractivity contribution in [2.75, 3.05) is 0 Å². The molecule has 7 rings (SSSR count). The van der Waals surface area contributed by atoms with Crippen LogP contribution in [0.1, 0.15) is 5.56 Å². The first kappa shape index (κ1) is 21.9. The molecule has 0 unspecified atom stereocenters. The minimum absolute atomic E-state index is 0.469. The maximum atomic E-state index is 5.97. The molecule has 5 aromatic heterocycles. The van der Waals surface area contributed by atoms with Gasteiger partial charge >= 0.3 is 0 Å². The summed E-state index contributed by atoms with van der Waals surface area (Å²) >= 11 is 0. The van der Waals surface area contributed by atoms with E-state index in [2.05, 4.69) is 25.1 Å². The Bertz CT molecular complexity index is 1880. The predicted octanol–water partition coefficient (Wildman–Crippen LogP) is 6.20. The first-order chi connectivity index (χ1) is 18.8. The largest absolute Gasteiger partial charge is 0.487 e. The van der Waals surface area contributed by atoms with E-state index in [0.29, 0.717) is 23.9 Å². The first-order valence-electron chi connectivity index (χ1n) is 12.2. The molecule has 8 nitrogen and oxygen atoms in total. The van der Waals surface area contributed by atoms with Crippen LogP contribution in [0.25, 0.3) is 56.1 Å². The molecule has 0 bridgehead atoms. The normalized spacial score (nSPS) is 11.3. The van der Waals surface area contributed by atoms with E-state index in [1.807, 2.05) is 84.9 Å². The van der Waals surface area contributed by atoms with Crippen molar-refractivity contribution in [2.45, 2.75) is 6.61 Å². The third kappa shape index (κ3) is 4.04. The molecule has 0 amide bonds. The van der Waals surface area contributed by atoms with Crippen molar-refractivity contribution in [3.05, 3.63) is 109 Å². The van der Waals surface area contributed by atoms with Gasteiger partial charge in [-0.05, 0) is 42.0 Å². The zero-order valence-electron chi connectivity index (χ0n) is 20.2. The Hall–Kier alpha value is -5.37. The van der Waals surface area contributed by atoms with Gasteiger partial charge in [0.25, 0.3) is 0 Å². The molecule has 0 spiro atoms. The van der Waals surface area contributed by atoms with Crippen molar-refractivity contribution < 1.29 is 4.74 Å². The van der Waals surface area contributed by atoms with Crippen LogP contribution in [0.3, 0.4) is 0 Å². The van der Waals surface area contributed by atoms with E-state index >= 15 is 0 Å². The number of para-hydroxylation sites is 1. The molecule has 8 heteroatoms. The summed E-state index contributed by atoms with van der Waals surface area (Å²) in [4.78, 5) is 22.1. The van der Waals surface area contributed by atoms with Crippen LogP contribution in [0.5, 0.6) is 5.75 Å². The van der Waals surface area contributed by atoms with Crippen LogP contribution in [0.15, 0.2) is 104 Å². The third-order valence-electron chi connectivity index (χ3n) is 6.34. The second kappa shape index (κ2) is 9.25. The number of fused-ring (bicyclic) bond motifs is 2. The topological polar surface area (TPSA) is 105 Å². The molecule has 0 fully saturated rings. The summed E-state index contributed by atoms with van der Waals surface area (Å²) in [6.07, 6.45) is 5.27. The summed E-state index contributed by atoms with van der Waals surface area (Å²) in [5.74, 6) is 1.32. The Labute approximate surface area is 217 Å². The predicted molar refractivity (Wildman–Crippen MR) is 146 cm³/mol. The van der Waals surface area contributed by atoms with Gasteiger partial charge in [-0.1, -0.05) is 48.5 Å². The van der Waals surface area contributed by atoms with Crippen LogP contribution in [-0.2, 0) is 6.61 Å². The molecular formula is C30H21N7O. The zero-order valence-corrected chi connectivity index (χ0v) is 20.2. The molecule has 0 aliphatic rings. The van der Waals surface area contributed by atoms with E-state index in [-0.39, 0.29) is 0 Å². The Balaban J connectivity index is 1.24. The van der Waals surface area contributed by atoms with Gasteiger partial charge in [0, 0.05) is 23.5 Å². The highest BCUT2D eigenvalue weighted by Gasteiger charge is 2.17. The van der Waals surface area contributed by atoms with Crippen molar-refractivity contribution in [1.82, 2.24) is 35.1 Å². The summed E-state index contributed by atoms with van der Waals surface area (Å²) in [5, 5.41) is 7.62. The number of benzene rings is 2. The molecule has 0 aliphatic carbocycles. The molecule has 2 aromatic carbocycles. The minimum atomic E-state index is 0.469. The molecule has 0 aliphatic heterocycles. The first-order valence-corrected chi connectivity index (χ1v) is 12.2. The molecular weight excluding hydrogens is 474 g/mol. The summed E-state index contributed by atoms with van der Waals surface area (Å²) in [5.41, 5.74) is 8.46. The van der Waals surface area contributed by atoms with E-state index < -0.39 is 0 Å². The van der Waals surface area contributed by atoms with Gasteiger partial charge < -0.3 is 9.72 Å². The molecule has 0 radical (unpaired) electrons. The molecule has 5 heterocycles. The second-order valence-electron chi connectivity index (χ2n) is 8.85. The van der Waals surface area contributed by atoms with Gasteiger partial charge in [-0.25, -0.2) is 9.97 Å². The second-order valence-corrected chi connectivity index (χ2v) is 8.85. The number of pyridine rings is 3. The number of ether oxygens (including phenoxy) is 1. The molecule has 7 aromatic rings. The monoisotopic (exact) mass is 495 g/mol. The van der Waals surface area contributed by atoms with Crippen LogP contribution in [0.2, 0.25) is 0 Å². The number of nitrogens with one attached hydrogen (secondary N) is 2. The van der Waals surface area contributed by atoms with Crippen molar-refractivity contribution in [2.24, 2.45) is 0 Å². The van der Waals surface area contributed by atoms with E-state index in [0.717, 1.165) is 50.1 Å². The lowest BCUT2D eigenvalue weighted by atomic mass is 10.1. The number of aromatic nitrogens is 7. The van der Waals surface area contributed by atoms with Gasteiger partial charge in [-0.2, -0.15) is 5.10 Å². The minimum Gasteiger partial charge on any atom is -0.487 e. The lowest BCUT2D eigenvalue weighted by molar-refractivity contribution is 0.305. The fourth-order valence-electron chi connectivity index (χ4n) is 4.48. The molecule has 0 atom stereocenters. The quantitative estimate of drug-likeness (QED) is 0.284. The van der Waals surface area contributed by atoms with Crippen LogP contribution in [0, 0.1) is 0 Å². The van der Waals surface area contributed by atoms with Gasteiger partial charge in [0.1, 0.15) is 17.9 Å². The molecule has 0 saturated heterocycles. The highest BCUT2D eigenvalue weighted by atomic mass is 16.5. The van der Waals surface area contributed by atoms with Gasteiger partial charge in [-0.15, -0.1) is 0 Å². The van der Waals surface area contributed by atoms with Crippen LogP contribution in [-0.4, -0.2) is 35.1 Å². The van der Waals surface area contributed by atoms with Crippen molar-refractivity contribution in [3.8, 4) is 39.8 Å². The average Bonchev–Trinajstić information content (AvgIpc) is 3.61. The van der Waals surface area contributed by atoms with Gasteiger partial charge in [-0.3, -0.25) is 15.1 Å². The lowest BCUT2D eigenvalue weighted by Crippen LogP contribution is -1.96. The summed E-state index contributed by atoms with van der Waals surface area (Å²) in [7, 11) is 0. The van der Waals surface area contributed by atoms with Crippen LogP contribution < -0.4 is 4.74 Å². The Morgan fingerprint density at radius 1 is 0.737 bits per heavy atom. The van der Waals surface area contributed by atoms with E-state index in [4.69, 9.17) is 14.7 Å². The SMILES string of the molecule is c1ccc(COc2cncc(-c3ccc4[nH]nc(-c5nc6c(-c7ccccn7)cccc6[nH]5)c4n3)c2)cc1. The van der Waals surface area contributed by atoms with Crippen molar-refractivity contribution >= 4 is 22.1 Å². The highest BCUT2D eigenvalue weighted by molar-refractivity contribution is 5.95. The average molecular weight is 496 g/mol. The number of hydrogen-bond donors (Lipinski definition) is 2. The maximum Gasteiger partial charge on any atom is 0.161 e. The fourth-order valence-corrected chi connectivity index (χ4v) is 4.48. The number of hydrogen-bond acceptors (Lipinski definition) is 6. The van der Waals surface area contributed by atoms with Gasteiger partial charge in [0.15, 0.2) is 11.5 Å². The van der Waals surface area contributed by atoms with Crippen LogP contribution >= 0.6 is 0 Å². The summed E-state index contributed by atoms with van der Waals surface area (Å²) < 4.78 is 5.97. The Kier molecular flexibility index (Phi) is 5.33. The molecule has 2 N–H and O–H groups in total. The van der Waals surface area contributed by atoms with E-state index in [1.54, 1.807) is 18.6 Å². The number of rotatable bonds is 6. The molecule has 182 valence electrons. The summed E-state index contributed by atoms with van der Waals surface area (Å²) in [6, 6.07) is 27.8. The number of aromatic amines is 2. The Morgan fingerprint density at radius 3 is 2.55 bits per heavy atom. The van der Waals surface area contributed by atoms with Crippen LogP contribution in [0.4, 0.5) is 0 Å². The lowest BCUT2D eigenvalue weighted by Gasteiger charge is -2.08. The van der Waals surface area contributed by atoms with E-state index in [9.17, 15) is 0 Å². The number of nitrogens with zero attached hydrogens (tertiary/aromatic N) is 5. The third-order valence-corrected chi connectivity index (χ3v) is 6.34. The van der Waals surface area contributed by atoms with Crippen molar-refractivity contribution in [1.29, 1.82) is 0 Å². The maximum absolute atomic E-state index is 5.97. The number of H-pyrrole nitrogens is 2. The van der Waals surface area contributed by atoms with Gasteiger partial charge in [0.2, 0.25) is 0 Å². The fraction of sp³-hybridized carbons (Fsp3) is 0.0333. The van der Waals surface area contributed by atoms with Crippen molar-refractivity contribution in [3.63, 3.8) is 0 Å². The zero-order chi connectivity index (χ0) is 25.3. The summed E-state index contributed by atoms with van der Waals surface area (Å²) in [6.45, 7) is 0.469. The Morgan fingerprint density at radius 2 is 1.66 bits per heavy atom.